The van der Waals surface area contributed by atoms with Crippen LogP contribution >= 0.6 is 11.3 Å². The van der Waals surface area contributed by atoms with Crippen molar-refractivity contribution in [2.45, 2.75) is 25.5 Å². The number of rotatable bonds is 6. The van der Waals surface area contributed by atoms with Crippen molar-refractivity contribution >= 4 is 39.1 Å². The summed E-state index contributed by atoms with van der Waals surface area (Å²) >= 11 is 1.63. The van der Waals surface area contributed by atoms with Gasteiger partial charge in [-0.2, -0.15) is 16.4 Å². The number of thiophene rings is 1. The number of hydrogen-bond donors (Lipinski definition) is 4. The number of aromatic nitrogens is 6. The number of benzene rings is 1. The molecule has 0 saturated heterocycles. The molecule has 0 aliphatic heterocycles. The van der Waals surface area contributed by atoms with Crippen molar-refractivity contribution in [3.63, 3.8) is 0 Å². The summed E-state index contributed by atoms with van der Waals surface area (Å²) in [5, 5.41) is 25.7. The molecule has 1 unspecified atom stereocenters. The van der Waals surface area contributed by atoms with Gasteiger partial charge in [0.2, 0.25) is 0 Å². The topological polar surface area (TPSA) is 115 Å². The Kier molecular flexibility index (Phi) is 5.22. The summed E-state index contributed by atoms with van der Waals surface area (Å²) in [6.07, 6.45) is 7.49. The smallest absolute Gasteiger partial charge is 0.178 e. The van der Waals surface area contributed by atoms with Crippen molar-refractivity contribution in [1.82, 2.24) is 30.1 Å². The Morgan fingerprint density at radius 2 is 2.03 bits per heavy atom. The summed E-state index contributed by atoms with van der Waals surface area (Å²) in [5.41, 5.74) is 6.28. The number of hydrogen-bond acceptors (Lipinski definition) is 7. The minimum Gasteiger partial charge on any atom is -0.374 e. The first-order chi connectivity index (χ1) is 18.1. The van der Waals surface area contributed by atoms with E-state index >= 15 is 4.39 Å². The van der Waals surface area contributed by atoms with Crippen LogP contribution in [0.15, 0.2) is 59.7 Å². The average Bonchev–Trinajstić information content (AvgIpc) is 3.61. The van der Waals surface area contributed by atoms with Gasteiger partial charge in [0.05, 0.1) is 22.9 Å². The van der Waals surface area contributed by atoms with Crippen LogP contribution in [0, 0.1) is 11.7 Å². The van der Waals surface area contributed by atoms with E-state index < -0.39 is 12.0 Å². The average molecular weight is 512 g/mol. The summed E-state index contributed by atoms with van der Waals surface area (Å²) < 4.78 is 15.2. The van der Waals surface area contributed by atoms with Crippen LogP contribution in [0.3, 0.4) is 0 Å². The van der Waals surface area contributed by atoms with E-state index in [1.807, 2.05) is 11.4 Å². The molecule has 1 fully saturated rings. The summed E-state index contributed by atoms with van der Waals surface area (Å²) in [6, 6.07) is 9.01. The van der Waals surface area contributed by atoms with Crippen LogP contribution in [0.4, 0.5) is 10.1 Å². The Balaban J connectivity index is 1.29. The highest BCUT2D eigenvalue weighted by molar-refractivity contribution is 7.08. The molecule has 10 heteroatoms. The van der Waals surface area contributed by atoms with Crippen LogP contribution in [-0.2, 0) is 0 Å². The molecule has 4 N–H and O–H groups in total. The summed E-state index contributed by atoms with van der Waals surface area (Å²) in [7, 11) is 0. The van der Waals surface area contributed by atoms with E-state index in [1.54, 1.807) is 42.1 Å². The van der Waals surface area contributed by atoms with Gasteiger partial charge in [-0.3, -0.25) is 10.1 Å². The van der Waals surface area contributed by atoms with E-state index in [9.17, 15) is 5.11 Å². The molecule has 5 heterocycles. The van der Waals surface area contributed by atoms with Crippen LogP contribution in [0.1, 0.15) is 19.3 Å². The minimum atomic E-state index is -0.640. The predicted octanol–water partition coefficient (Wildman–Crippen LogP) is 5.96. The quantitative estimate of drug-likeness (QED) is 0.205. The molecule has 0 radical (unpaired) electrons. The monoisotopic (exact) mass is 511 g/mol. The largest absolute Gasteiger partial charge is 0.374 e. The van der Waals surface area contributed by atoms with Gasteiger partial charge in [0.15, 0.2) is 11.5 Å². The Bertz CT molecular complexity index is 1740. The fraction of sp³-hybridized carbons (Fsp3) is 0.185. The van der Waals surface area contributed by atoms with Gasteiger partial charge >= 0.3 is 0 Å². The number of aromatic amines is 2. The molecule has 8 nitrogen and oxygen atoms in total. The summed E-state index contributed by atoms with van der Waals surface area (Å²) in [6.45, 7) is 0. The molecule has 1 aromatic carbocycles. The fourth-order valence-electron chi connectivity index (χ4n) is 4.83. The first-order valence-electron chi connectivity index (χ1n) is 12.1. The maximum atomic E-state index is 15.2. The lowest BCUT2D eigenvalue weighted by Gasteiger charge is -2.31. The number of aliphatic hydroxyl groups is 1. The fourth-order valence-corrected chi connectivity index (χ4v) is 5.49. The number of aliphatic hydroxyl groups excluding tert-OH is 1. The Morgan fingerprint density at radius 3 is 2.84 bits per heavy atom. The molecular formula is C27H22FN7OS. The SMILES string of the molecule is OC(Nc1cncc(-c2cc3c(-c4nc5nccc(-c6ccsc6)c5[nH]4)n[nH]c3cc2F)c1)C1CCC1. The lowest BCUT2D eigenvalue weighted by molar-refractivity contribution is 0.0851. The number of nitrogens with zero attached hydrogens (tertiary/aromatic N) is 4. The third-order valence-electron chi connectivity index (χ3n) is 7.06. The van der Waals surface area contributed by atoms with Gasteiger partial charge in [0, 0.05) is 46.5 Å². The van der Waals surface area contributed by atoms with E-state index in [0.717, 1.165) is 41.3 Å². The molecule has 7 rings (SSSR count). The predicted molar refractivity (Wildman–Crippen MR) is 142 cm³/mol. The highest BCUT2D eigenvalue weighted by atomic mass is 32.1. The van der Waals surface area contributed by atoms with Gasteiger partial charge < -0.3 is 15.4 Å². The second-order valence-corrected chi connectivity index (χ2v) is 10.1. The highest BCUT2D eigenvalue weighted by Crippen LogP contribution is 2.35. The lowest BCUT2D eigenvalue weighted by Crippen LogP contribution is -2.33. The van der Waals surface area contributed by atoms with E-state index in [1.165, 1.54) is 6.07 Å². The van der Waals surface area contributed by atoms with Gasteiger partial charge in [-0.25, -0.2) is 14.4 Å². The van der Waals surface area contributed by atoms with E-state index in [0.29, 0.717) is 39.5 Å². The molecule has 1 atom stereocenters. The normalized spacial score (nSPS) is 14.8. The Morgan fingerprint density at radius 1 is 1.11 bits per heavy atom. The second kappa shape index (κ2) is 8.75. The van der Waals surface area contributed by atoms with Crippen molar-refractivity contribution in [2.24, 2.45) is 5.92 Å². The zero-order valence-corrected chi connectivity index (χ0v) is 20.4. The van der Waals surface area contributed by atoms with Gasteiger partial charge in [0.1, 0.15) is 17.7 Å². The zero-order chi connectivity index (χ0) is 24.9. The lowest BCUT2D eigenvalue weighted by atomic mass is 9.84. The Labute approximate surface area is 214 Å². The van der Waals surface area contributed by atoms with Crippen molar-refractivity contribution in [1.29, 1.82) is 0 Å². The van der Waals surface area contributed by atoms with E-state index in [4.69, 9.17) is 0 Å². The van der Waals surface area contributed by atoms with E-state index in [-0.39, 0.29) is 5.92 Å². The number of nitrogens with one attached hydrogen (secondary N) is 3. The molecule has 37 heavy (non-hydrogen) atoms. The third-order valence-corrected chi connectivity index (χ3v) is 7.74. The molecule has 0 spiro atoms. The van der Waals surface area contributed by atoms with Gasteiger partial charge in [0.25, 0.3) is 0 Å². The Hall–Kier alpha value is -4.15. The maximum absolute atomic E-state index is 15.2. The second-order valence-electron chi connectivity index (χ2n) is 9.35. The van der Waals surface area contributed by atoms with Crippen LogP contribution in [0.25, 0.3) is 55.8 Å². The molecule has 0 amide bonds. The molecule has 6 aromatic rings. The van der Waals surface area contributed by atoms with Gasteiger partial charge in [-0.15, -0.1) is 0 Å². The summed E-state index contributed by atoms with van der Waals surface area (Å²) in [5.74, 6) is 0.391. The number of fused-ring (bicyclic) bond motifs is 2. The first kappa shape index (κ1) is 22.1. The standard InChI is InChI=1S/C27H22FN7OS/c28-21-10-22-20(9-19(21)16-8-17(12-29-11-16)31-27(36)14-2-1-3-14)24(35-34-22)26-32-23-18(15-5-7-37-13-15)4-6-30-25(23)33-26/h4-14,27,31,36H,1-3H2,(H,34,35)(H,30,32,33). The molecule has 184 valence electrons. The van der Waals surface area contributed by atoms with Crippen LogP contribution < -0.4 is 5.32 Å². The molecular weight excluding hydrogens is 489 g/mol. The van der Waals surface area contributed by atoms with Crippen LogP contribution in [-0.4, -0.2) is 41.5 Å². The van der Waals surface area contributed by atoms with Gasteiger partial charge in [-0.1, -0.05) is 6.42 Å². The third kappa shape index (κ3) is 3.85. The van der Waals surface area contributed by atoms with Crippen molar-refractivity contribution in [3.05, 3.63) is 65.5 Å². The van der Waals surface area contributed by atoms with Crippen molar-refractivity contribution < 1.29 is 9.50 Å². The molecule has 5 aromatic heterocycles. The first-order valence-corrected chi connectivity index (χ1v) is 13.0. The number of halogens is 1. The van der Waals surface area contributed by atoms with Crippen LogP contribution in [0.2, 0.25) is 0 Å². The molecule has 1 aliphatic rings. The molecule has 0 bridgehead atoms. The van der Waals surface area contributed by atoms with E-state index in [2.05, 4.69) is 46.9 Å². The number of imidazole rings is 1. The minimum absolute atomic E-state index is 0.240. The highest BCUT2D eigenvalue weighted by Gasteiger charge is 2.25. The maximum Gasteiger partial charge on any atom is 0.178 e. The van der Waals surface area contributed by atoms with Crippen molar-refractivity contribution in [3.8, 4) is 33.8 Å². The van der Waals surface area contributed by atoms with Crippen molar-refractivity contribution in [2.75, 3.05) is 5.32 Å². The van der Waals surface area contributed by atoms with Crippen LogP contribution in [0.5, 0.6) is 0 Å². The number of H-pyrrole nitrogens is 2. The number of pyridine rings is 2. The zero-order valence-electron chi connectivity index (χ0n) is 19.6. The molecule has 1 saturated carbocycles. The molecule has 1 aliphatic carbocycles. The van der Waals surface area contributed by atoms with Gasteiger partial charge in [-0.05, 0) is 53.4 Å². The number of anilines is 1. The summed E-state index contributed by atoms with van der Waals surface area (Å²) in [4.78, 5) is 16.8.